The van der Waals surface area contributed by atoms with E-state index in [1.54, 1.807) is 0 Å². The number of halogens is 4. The molecule has 0 aromatic heterocycles. The molecule has 18 heavy (non-hydrogen) atoms. The number of alkyl halides is 4. The zero-order valence-electron chi connectivity index (χ0n) is 9.42. The SMILES string of the molecule is Cc1ccc(SCC(=O)N[C@@H](Cl)C(Cl)(Cl)Cl)cc1. The van der Waals surface area contributed by atoms with Crippen molar-refractivity contribution >= 4 is 64.1 Å². The lowest BCUT2D eigenvalue weighted by Gasteiger charge is -2.19. The van der Waals surface area contributed by atoms with Gasteiger partial charge in [0.1, 0.15) is 0 Å². The highest BCUT2D eigenvalue weighted by Gasteiger charge is 2.31. The van der Waals surface area contributed by atoms with Gasteiger partial charge in [-0.3, -0.25) is 4.79 Å². The van der Waals surface area contributed by atoms with E-state index in [0.29, 0.717) is 0 Å². The van der Waals surface area contributed by atoms with Crippen LogP contribution < -0.4 is 5.32 Å². The maximum atomic E-state index is 11.5. The highest BCUT2D eigenvalue weighted by Crippen LogP contribution is 2.32. The fourth-order valence-corrected chi connectivity index (χ4v) is 2.04. The summed E-state index contributed by atoms with van der Waals surface area (Å²) in [5, 5.41) is 2.41. The van der Waals surface area contributed by atoms with Crippen molar-refractivity contribution in [2.24, 2.45) is 0 Å². The molecule has 1 amide bonds. The summed E-state index contributed by atoms with van der Waals surface area (Å²) in [5.74, 6) is -0.0700. The zero-order valence-corrected chi connectivity index (χ0v) is 13.3. The minimum absolute atomic E-state index is 0.215. The Balaban J connectivity index is 2.40. The van der Waals surface area contributed by atoms with Crippen molar-refractivity contribution in [3.05, 3.63) is 29.8 Å². The molecule has 0 radical (unpaired) electrons. The van der Waals surface area contributed by atoms with Gasteiger partial charge in [0.15, 0.2) is 5.50 Å². The molecule has 1 aromatic rings. The van der Waals surface area contributed by atoms with Gasteiger partial charge in [0.25, 0.3) is 0 Å². The third-order valence-electron chi connectivity index (χ3n) is 1.97. The molecule has 0 heterocycles. The molecular weight excluding hydrogens is 336 g/mol. The monoisotopic (exact) mass is 345 g/mol. The zero-order chi connectivity index (χ0) is 13.8. The maximum absolute atomic E-state index is 11.5. The molecule has 0 saturated heterocycles. The van der Waals surface area contributed by atoms with Crippen molar-refractivity contribution in [1.82, 2.24) is 5.32 Å². The van der Waals surface area contributed by atoms with E-state index in [9.17, 15) is 4.79 Å². The van der Waals surface area contributed by atoms with Gasteiger partial charge in [-0.1, -0.05) is 64.1 Å². The summed E-state index contributed by atoms with van der Waals surface area (Å²) in [5.41, 5.74) is 0.120. The van der Waals surface area contributed by atoms with E-state index in [1.165, 1.54) is 17.3 Å². The van der Waals surface area contributed by atoms with E-state index in [4.69, 9.17) is 46.4 Å². The quantitative estimate of drug-likeness (QED) is 0.504. The Kier molecular flexibility index (Phi) is 6.42. The van der Waals surface area contributed by atoms with Crippen LogP contribution in [0.3, 0.4) is 0 Å². The number of rotatable bonds is 4. The molecule has 0 bridgehead atoms. The molecule has 0 saturated carbocycles. The van der Waals surface area contributed by atoms with Gasteiger partial charge in [-0.15, -0.1) is 11.8 Å². The largest absolute Gasteiger partial charge is 0.335 e. The summed E-state index contributed by atoms with van der Waals surface area (Å²) in [6.07, 6.45) is 0. The number of carbonyl (C=O) groups is 1. The second-order valence-corrected chi connectivity index (χ2v) is 7.43. The molecule has 100 valence electrons. The third kappa shape index (κ3) is 5.89. The number of carbonyl (C=O) groups excluding carboxylic acids is 1. The van der Waals surface area contributed by atoms with Crippen LogP contribution in [0.15, 0.2) is 29.2 Å². The first kappa shape index (κ1) is 16.3. The highest BCUT2D eigenvalue weighted by atomic mass is 35.6. The second-order valence-electron chi connectivity index (χ2n) is 3.57. The molecule has 1 aromatic carbocycles. The predicted octanol–water partition coefficient (Wildman–Crippen LogP) is 4.14. The van der Waals surface area contributed by atoms with Crippen LogP contribution >= 0.6 is 58.2 Å². The van der Waals surface area contributed by atoms with Gasteiger partial charge in [-0.2, -0.15) is 0 Å². The van der Waals surface area contributed by atoms with Gasteiger partial charge in [0, 0.05) is 4.90 Å². The normalized spacial score (nSPS) is 13.2. The average Bonchev–Trinajstić information content (AvgIpc) is 2.27. The Morgan fingerprint density at radius 1 is 1.33 bits per heavy atom. The summed E-state index contributed by atoms with van der Waals surface area (Å²) in [4.78, 5) is 12.5. The lowest BCUT2D eigenvalue weighted by atomic mass is 10.2. The van der Waals surface area contributed by atoms with Crippen molar-refractivity contribution in [3.8, 4) is 0 Å². The van der Waals surface area contributed by atoms with E-state index in [2.05, 4.69) is 5.32 Å². The number of benzene rings is 1. The minimum atomic E-state index is -1.72. The average molecular weight is 347 g/mol. The van der Waals surface area contributed by atoms with Crippen molar-refractivity contribution in [2.45, 2.75) is 21.1 Å². The number of amides is 1. The highest BCUT2D eigenvalue weighted by molar-refractivity contribution is 8.00. The van der Waals surface area contributed by atoms with E-state index in [-0.39, 0.29) is 11.7 Å². The Morgan fingerprint density at radius 2 is 1.89 bits per heavy atom. The van der Waals surface area contributed by atoms with Gasteiger partial charge in [0.2, 0.25) is 9.70 Å². The molecule has 0 aliphatic carbocycles. The molecule has 0 unspecified atom stereocenters. The van der Waals surface area contributed by atoms with Crippen molar-refractivity contribution in [3.63, 3.8) is 0 Å². The molecule has 0 aliphatic heterocycles. The molecule has 1 rings (SSSR count). The molecule has 0 fully saturated rings. The summed E-state index contributed by atoms with van der Waals surface area (Å²) in [6, 6.07) is 7.85. The number of aryl methyl sites for hydroxylation is 1. The molecule has 1 N–H and O–H groups in total. The summed E-state index contributed by atoms with van der Waals surface area (Å²) < 4.78 is -1.72. The fraction of sp³-hybridized carbons (Fsp3) is 0.364. The molecule has 1 atom stereocenters. The number of nitrogens with one attached hydrogen (secondary N) is 1. The first-order valence-corrected chi connectivity index (χ1v) is 7.54. The number of thioether (sulfide) groups is 1. The van der Waals surface area contributed by atoms with E-state index in [0.717, 1.165) is 4.90 Å². The predicted molar refractivity (Wildman–Crippen MR) is 80.0 cm³/mol. The smallest absolute Gasteiger partial charge is 0.231 e. The molecular formula is C11H11Cl4NOS. The molecule has 7 heteroatoms. The Morgan fingerprint density at radius 3 is 2.39 bits per heavy atom. The van der Waals surface area contributed by atoms with Crippen molar-refractivity contribution in [2.75, 3.05) is 5.75 Å². The van der Waals surface area contributed by atoms with Crippen LogP contribution in [-0.4, -0.2) is 21.0 Å². The maximum Gasteiger partial charge on any atom is 0.231 e. The number of hydrogen-bond donors (Lipinski definition) is 1. The van der Waals surface area contributed by atoms with Crippen LogP contribution in [0, 0.1) is 6.92 Å². The van der Waals surface area contributed by atoms with Gasteiger partial charge < -0.3 is 5.32 Å². The van der Waals surface area contributed by atoms with Crippen LogP contribution in [0.2, 0.25) is 0 Å². The third-order valence-corrected chi connectivity index (χ3v) is 4.40. The Labute approximate surface area is 130 Å². The molecule has 0 spiro atoms. The Hall–Kier alpha value is 0.200. The lowest BCUT2D eigenvalue weighted by Crippen LogP contribution is -2.40. The van der Waals surface area contributed by atoms with Crippen molar-refractivity contribution < 1.29 is 4.79 Å². The van der Waals surface area contributed by atoms with Gasteiger partial charge >= 0.3 is 0 Å². The van der Waals surface area contributed by atoms with Crippen LogP contribution in [0.5, 0.6) is 0 Å². The van der Waals surface area contributed by atoms with Crippen LogP contribution in [0.4, 0.5) is 0 Å². The first-order chi connectivity index (χ1) is 8.29. The van der Waals surface area contributed by atoms with Crippen LogP contribution in [0.25, 0.3) is 0 Å². The summed E-state index contributed by atoms with van der Waals surface area (Å²) in [7, 11) is 0. The molecule has 0 aliphatic rings. The fourth-order valence-electron chi connectivity index (χ4n) is 1.05. The minimum Gasteiger partial charge on any atom is -0.335 e. The second kappa shape index (κ2) is 7.11. The van der Waals surface area contributed by atoms with Gasteiger partial charge in [-0.25, -0.2) is 0 Å². The van der Waals surface area contributed by atoms with E-state index < -0.39 is 9.29 Å². The van der Waals surface area contributed by atoms with Gasteiger partial charge in [0.05, 0.1) is 5.75 Å². The first-order valence-electron chi connectivity index (χ1n) is 4.98. The lowest BCUT2D eigenvalue weighted by molar-refractivity contribution is -0.118. The number of hydrogen-bond acceptors (Lipinski definition) is 2. The van der Waals surface area contributed by atoms with Crippen LogP contribution in [-0.2, 0) is 4.79 Å². The van der Waals surface area contributed by atoms with Crippen molar-refractivity contribution in [1.29, 1.82) is 0 Å². The summed E-state index contributed by atoms with van der Waals surface area (Å²) >= 11 is 23.7. The van der Waals surface area contributed by atoms with Gasteiger partial charge in [-0.05, 0) is 19.1 Å². The molecule has 2 nitrogen and oxygen atoms in total. The summed E-state index contributed by atoms with van der Waals surface area (Å²) in [6.45, 7) is 2.00. The van der Waals surface area contributed by atoms with E-state index >= 15 is 0 Å². The standard InChI is InChI=1S/C11H11Cl4NOS/c1-7-2-4-8(5-3-7)18-6-9(17)16-10(12)11(13,14)15/h2-5,10H,6H2,1H3,(H,16,17)/t10-/m1/s1. The van der Waals surface area contributed by atoms with E-state index in [1.807, 2.05) is 31.2 Å². The Bertz CT molecular complexity index is 404. The van der Waals surface area contributed by atoms with Crippen LogP contribution in [0.1, 0.15) is 5.56 Å². The topological polar surface area (TPSA) is 29.1 Å².